The summed E-state index contributed by atoms with van der Waals surface area (Å²) < 4.78 is 1.74. The van der Waals surface area contributed by atoms with Crippen LogP contribution in [0.25, 0.3) is 16.6 Å². The molecule has 5 nitrogen and oxygen atoms in total. The quantitative estimate of drug-likeness (QED) is 0.369. The number of aromatic nitrogens is 2. The van der Waals surface area contributed by atoms with E-state index in [1.165, 1.54) is 5.56 Å². The molecule has 1 fully saturated rings. The fourth-order valence-corrected chi connectivity index (χ4v) is 4.56. The van der Waals surface area contributed by atoms with E-state index in [1.807, 2.05) is 41.3 Å². The molecule has 1 aliphatic carbocycles. The number of aryl methyl sites for hydroxylation is 1. The number of benzene rings is 2. The lowest BCUT2D eigenvalue weighted by atomic mass is 10.1. The summed E-state index contributed by atoms with van der Waals surface area (Å²) in [4.78, 5) is 34.1. The molecule has 4 rings (SSSR count). The van der Waals surface area contributed by atoms with Gasteiger partial charge in [0.25, 0.3) is 5.56 Å². The first kappa shape index (κ1) is 23.2. The molecule has 5 heteroatoms. The third-order valence-corrected chi connectivity index (χ3v) is 6.68. The average molecular weight is 446 g/mol. The Morgan fingerprint density at radius 2 is 1.79 bits per heavy atom. The molecule has 1 aromatic heterocycles. The molecule has 1 atom stereocenters. The standard InChI is InChI=1S/C28H35N3O2/c1-4-7-10-19-30(27(32)21-15-16-21)25(6-3)26-29-24-12-9-8-11-23(24)28(33)31(26)22-17-13-20(5-2)14-18-22/h8-9,11-14,17-18,21,25H,4-7,10,15-16,19H2,1-3H3. The molecule has 33 heavy (non-hydrogen) atoms. The Hall–Kier alpha value is -2.95. The lowest BCUT2D eigenvalue weighted by molar-refractivity contribution is -0.135. The van der Waals surface area contributed by atoms with Crippen molar-refractivity contribution in [2.45, 2.75) is 71.8 Å². The first-order valence-electron chi connectivity index (χ1n) is 12.5. The third kappa shape index (κ3) is 4.87. The van der Waals surface area contributed by atoms with Crippen LogP contribution in [-0.2, 0) is 11.2 Å². The molecule has 1 heterocycles. The third-order valence-electron chi connectivity index (χ3n) is 6.68. The van der Waals surface area contributed by atoms with Gasteiger partial charge in [0.1, 0.15) is 5.82 Å². The van der Waals surface area contributed by atoms with E-state index in [9.17, 15) is 9.59 Å². The van der Waals surface area contributed by atoms with Crippen molar-refractivity contribution >= 4 is 16.8 Å². The van der Waals surface area contributed by atoms with Crippen LogP contribution in [0.15, 0.2) is 53.3 Å². The van der Waals surface area contributed by atoms with Crippen LogP contribution in [0.2, 0.25) is 0 Å². The Kier molecular flexibility index (Phi) is 7.26. The minimum atomic E-state index is -0.238. The number of fused-ring (bicyclic) bond motifs is 1. The highest BCUT2D eigenvalue weighted by atomic mass is 16.2. The summed E-state index contributed by atoms with van der Waals surface area (Å²) in [6.07, 6.45) is 6.74. The number of rotatable bonds is 10. The number of nitrogens with zero attached hydrogens (tertiary/aromatic N) is 3. The number of amides is 1. The van der Waals surface area contributed by atoms with Crippen LogP contribution < -0.4 is 5.56 Å². The summed E-state index contributed by atoms with van der Waals surface area (Å²) in [6.45, 7) is 7.09. The first-order chi connectivity index (χ1) is 16.1. The fraction of sp³-hybridized carbons (Fsp3) is 0.464. The van der Waals surface area contributed by atoms with Crippen LogP contribution in [0.5, 0.6) is 0 Å². The van der Waals surface area contributed by atoms with Crippen molar-refractivity contribution in [1.82, 2.24) is 14.5 Å². The van der Waals surface area contributed by atoms with Gasteiger partial charge in [-0.05, 0) is 61.9 Å². The van der Waals surface area contributed by atoms with Crippen LogP contribution in [0.1, 0.15) is 76.7 Å². The molecule has 174 valence electrons. The number of carbonyl (C=O) groups excluding carboxylic acids is 1. The topological polar surface area (TPSA) is 55.2 Å². The van der Waals surface area contributed by atoms with Gasteiger partial charge in [-0.3, -0.25) is 14.2 Å². The van der Waals surface area contributed by atoms with Crippen LogP contribution in [-0.4, -0.2) is 26.9 Å². The van der Waals surface area contributed by atoms with Crippen LogP contribution in [0.3, 0.4) is 0 Å². The van der Waals surface area contributed by atoms with E-state index < -0.39 is 0 Å². The smallest absolute Gasteiger partial charge is 0.266 e. The van der Waals surface area contributed by atoms with Crippen molar-refractivity contribution in [3.63, 3.8) is 0 Å². The molecule has 0 N–H and O–H groups in total. The monoisotopic (exact) mass is 445 g/mol. The predicted octanol–water partition coefficient (Wildman–Crippen LogP) is 5.83. The maximum Gasteiger partial charge on any atom is 0.266 e. The number of unbranched alkanes of at least 4 members (excludes halogenated alkanes) is 2. The average Bonchev–Trinajstić information content (AvgIpc) is 3.69. The molecule has 0 bridgehead atoms. The van der Waals surface area contributed by atoms with Gasteiger partial charge in [-0.25, -0.2) is 4.98 Å². The summed E-state index contributed by atoms with van der Waals surface area (Å²) in [7, 11) is 0. The fourth-order valence-electron chi connectivity index (χ4n) is 4.56. The zero-order chi connectivity index (χ0) is 23.4. The number of hydrogen-bond donors (Lipinski definition) is 0. The summed E-state index contributed by atoms with van der Waals surface area (Å²) in [6, 6.07) is 15.4. The Morgan fingerprint density at radius 1 is 1.06 bits per heavy atom. The van der Waals surface area contributed by atoms with E-state index in [4.69, 9.17) is 4.98 Å². The van der Waals surface area contributed by atoms with E-state index in [0.29, 0.717) is 29.7 Å². The normalized spacial score (nSPS) is 14.4. The Morgan fingerprint density at radius 3 is 2.42 bits per heavy atom. The van der Waals surface area contributed by atoms with Gasteiger partial charge in [0.2, 0.25) is 5.91 Å². The van der Waals surface area contributed by atoms with Gasteiger partial charge in [0.15, 0.2) is 0 Å². The molecule has 0 aliphatic heterocycles. The van der Waals surface area contributed by atoms with Gasteiger partial charge in [-0.15, -0.1) is 0 Å². The largest absolute Gasteiger partial charge is 0.332 e. The minimum Gasteiger partial charge on any atom is -0.332 e. The van der Waals surface area contributed by atoms with Crippen molar-refractivity contribution in [1.29, 1.82) is 0 Å². The molecule has 0 spiro atoms. The van der Waals surface area contributed by atoms with Crippen LogP contribution in [0, 0.1) is 5.92 Å². The molecule has 0 radical (unpaired) electrons. The number of para-hydroxylation sites is 1. The van der Waals surface area contributed by atoms with Gasteiger partial charge in [-0.2, -0.15) is 0 Å². The molecular formula is C28H35N3O2. The van der Waals surface area contributed by atoms with Gasteiger partial charge in [-0.1, -0.05) is 57.9 Å². The second-order valence-corrected chi connectivity index (χ2v) is 9.08. The summed E-state index contributed by atoms with van der Waals surface area (Å²) in [5.41, 5.74) is 2.63. The van der Waals surface area contributed by atoms with Gasteiger partial charge >= 0.3 is 0 Å². The molecular weight excluding hydrogens is 410 g/mol. The van der Waals surface area contributed by atoms with E-state index in [0.717, 1.165) is 44.2 Å². The van der Waals surface area contributed by atoms with Crippen LogP contribution >= 0.6 is 0 Å². The molecule has 1 unspecified atom stereocenters. The van der Waals surface area contributed by atoms with Crippen molar-refractivity contribution in [3.05, 3.63) is 70.3 Å². The first-order valence-corrected chi connectivity index (χ1v) is 12.5. The lowest BCUT2D eigenvalue weighted by Gasteiger charge is -2.32. The Bertz CT molecular complexity index is 1160. The number of hydrogen-bond acceptors (Lipinski definition) is 3. The highest BCUT2D eigenvalue weighted by Gasteiger charge is 2.37. The van der Waals surface area contributed by atoms with Crippen molar-refractivity contribution in [3.8, 4) is 5.69 Å². The van der Waals surface area contributed by atoms with Crippen LogP contribution in [0.4, 0.5) is 0 Å². The second-order valence-electron chi connectivity index (χ2n) is 9.08. The van der Waals surface area contributed by atoms with Gasteiger partial charge < -0.3 is 4.90 Å². The van der Waals surface area contributed by atoms with Gasteiger partial charge in [0, 0.05) is 12.5 Å². The predicted molar refractivity (Wildman–Crippen MR) is 134 cm³/mol. The van der Waals surface area contributed by atoms with Crippen molar-refractivity contribution in [2.75, 3.05) is 6.54 Å². The van der Waals surface area contributed by atoms with Gasteiger partial charge in [0.05, 0.1) is 22.6 Å². The number of carbonyl (C=O) groups is 1. The van der Waals surface area contributed by atoms with E-state index >= 15 is 0 Å². The highest BCUT2D eigenvalue weighted by Crippen LogP contribution is 2.35. The summed E-state index contributed by atoms with van der Waals surface area (Å²) in [5.74, 6) is 1.01. The lowest BCUT2D eigenvalue weighted by Crippen LogP contribution is -2.40. The molecule has 1 aliphatic rings. The van der Waals surface area contributed by atoms with E-state index in [-0.39, 0.29) is 23.4 Å². The molecule has 0 saturated heterocycles. The van der Waals surface area contributed by atoms with E-state index in [1.54, 1.807) is 4.57 Å². The highest BCUT2D eigenvalue weighted by molar-refractivity contribution is 5.82. The maximum absolute atomic E-state index is 13.7. The summed E-state index contributed by atoms with van der Waals surface area (Å²) in [5, 5.41) is 0.599. The van der Waals surface area contributed by atoms with E-state index in [2.05, 4.69) is 32.9 Å². The van der Waals surface area contributed by atoms with Crippen molar-refractivity contribution in [2.24, 2.45) is 5.92 Å². The molecule has 2 aromatic carbocycles. The molecule has 1 saturated carbocycles. The molecule has 3 aromatic rings. The molecule has 1 amide bonds. The van der Waals surface area contributed by atoms with Crippen molar-refractivity contribution < 1.29 is 4.79 Å². The minimum absolute atomic E-state index is 0.0781. The maximum atomic E-state index is 13.7. The second kappa shape index (κ2) is 10.3. The zero-order valence-electron chi connectivity index (χ0n) is 20.1. The Balaban J connectivity index is 1.88. The zero-order valence-corrected chi connectivity index (χ0v) is 20.1. The SMILES string of the molecule is CCCCCN(C(=O)C1CC1)C(CC)c1nc2ccccc2c(=O)n1-c1ccc(CC)cc1. The Labute approximate surface area is 196 Å². The summed E-state index contributed by atoms with van der Waals surface area (Å²) >= 11 is 0.